The number of nitrogens with zero attached hydrogens (tertiary/aromatic N) is 1. The van der Waals surface area contributed by atoms with Gasteiger partial charge in [0.25, 0.3) is 0 Å². The van der Waals surface area contributed by atoms with Gasteiger partial charge in [0.1, 0.15) is 0 Å². The number of carbonyl (C=O) groups is 1. The van der Waals surface area contributed by atoms with Crippen molar-refractivity contribution < 1.29 is 14.3 Å². The fourth-order valence-electron chi connectivity index (χ4n) is 1.75. The average Bonchev–Trinajstić information content (AvgIpc) is 2.92. The van der Waals surface area contributed by atoms with Crippen LogP contribution in [0.3, 0.4) is 0 Å². The lowest BCUT2D eigenvalue weighted by Gasteiger charge is -2.13. The summed E-state index contributed by atoms with van der Waals surface area (Å²) in [7, 11) is 3.14. The molecule has 1 atom stereocenters. The molecule has 5 nitrogen and oxygen atoms in total. The number of thiazole rings is 1. The van der Waals surface area contributed by atoms with Gasteiger partial charge in [-0.2, -0.15) is 0 Å². The highest BCUT2D eigenvalue weighted by Gasteiger charge is 2.17. The number of methoxy groups -OCH3 is 2. The molecule has 1 N–H and O–H groups in total. The molecule has 0 saturated heterocycles. The number of rotatable bonds is 6. The Bertz CT molecular complexity index is 658. The van der Waals surface area contributed by atoms with Crippen molar-refractivity contribution in [2.45, 2.75) is 23.4 Å². The van der Waals surface area contributed by atoms with E-state index in [4.69, 9.17) is 9.47 Å². The van der Waals surface area contributed by atoms with Crippen LogP contribution in [-0.4, -0.2) is 30.4 Å². The number of aryl methyl sites for hydroxylation is 1. The third kappa shape index (κ3) is 4.14. The van der Waals surface area contributed by atoms with Crippen LogP contribution in [0.1, 0.15) is 12.6 Å². The minimum Gasteiger partial charge on any atom is -0.493 e. The van der Waals surface area contributed by atoms with E-state index < -0.39 is 0 Å². The molecule has 2 rings (SSSR count). The van der Waals surface area contributed by atoms with E-state index in [1.807, 2.05) is 19.2 Å². The number of ether oxygens (including phenoxy) is 2. The van der Waals surface area contributed by atoms with Crippen molar-refractivity contribution in [3.8, 4) is 11.5 Å². The lowest BCUT2D eigenvalue weighted by molar-refractivity contribution is -0.115. The van der Waals surface area contributed by atoms with Gasteiger partial charge in [-0.1, -0.05) is 11.8 Å². The van der Waals surface area contributed by atoms with Crippen LogP contribution < -0.4 is 14.8 Å². The number of hydrogen-bond donors (Lipinski definition) is 1. The van der Waals surface area contributed by atoms with E-state index in [2.05, 4.69) is 10.3 Å². The Balaban J connectivity index is 2.01. The Morgan fingerprint density at radius 3 is 2.64 bits per heavy atom. The number of nitrogens with one attached hydrogen (secondary N) is 1. The van der Waals surface area contributed by atoms with E-state index in [0.717, 1.165) is 10.0 Å². The van der Waals surface area contributed by atoms with Crippen LogP contribution >= 0.6 is 23.1 Å². The minimum absolute atomic E-state index is 0.0786. The molecular weight excluding hydrogens is 320 g/mol. The third-order valence-electron chi connectivity index (χ3n) is 2.90. The Morgan fingerprint density at radius 2 is 2.05 bits per heavy atom. The number of aromatic nitrogens is 1. The molecule has 1 aromatic carbocycles. The summed E-state index contributed by atoms with van der Waals surface area (Å²) in [5.41, 5.74) is 1.64. The van der Waals surface area contributed by atoms with Gasteiger partial charge in [0.05, 0.1) is 19.5 Å². The fraction of sp³-hybridized carbons (Fsp3) is 0.333. The van der Waals surface area contributed by atoms with Gasteiger partial charge in [-0.05, 0) is 26.0 Å². The lowest BCUT2D eigenvalue weighted by Crippen LogP contribution is -2.22. The second-order valence-corrected chi connectivity index (χ2v) is 7.02. The van der Waals surface area contributed by atoms with Gasteiger partial charge in [-0.15, -0.1) is 11.3 Å². The second kappa shape index (κ2) is 7.51. The molecule has 7 heteroatoms. The topological polar surface area (TPSA) is 60.5 Å². The Labute approximate surface area is 138 Å². The van der Waals surface area contributed by atoms with Crippen molar-refractivity contribution in [2.24, 2.45) is 0 Å². The van der Waals surface area contributed by atoms with Crippen LogP contribution in [0.25, 0.3) is 0 Å². The highest BCUT2D eigenvalue weighted by molar-refractivity contribution is 8.02. The normalized spacial score (nSPS) is 11.8. The zero-order valence-electron chi connectivity index (χ0n) is 12.9. The molecule has 0 radical (unpaired) electrons. The summed E-state index contributed by atoms with van der Waals surface area (Å²) in [6, 6.07) is 5.28. The van der Waals surface area contributed by atoms with Crippen LogP contribution in [0, 0.1) is 6.92 Å². The first kappa shape index (κ1) is 16.6. The average molecular weight is 338 g/mol. The highest BCUT2D eigenvalue weighted by Crippen LogP contribution is 2.31. The molecule has 1 aromatic heterocycles. The second-order valence-electron chi connectivity index (χ2n) is 4.57. The largest absolute Gasteiger partial charge is 0.493 e. The summed E-state index contributed by atoms with van der Waals surface area (Å²) in [5.74, 6) is 1.13. The van der Waals surface area contributed by atoms with Crippen LogP contribution in [0.5, 0.6) is 11.5 Å². The van der Waals surface area contributed by atoms with E-state index in [9.17, 15) is 4.79 Å². The maximum atomic E-state index is 12.3. The molecule has 0 bridgehead atoms. The third-order valence-corrected chi connectivity index (χ3v) is 5.09. The van der Waals surface area contributed by atoms with Gasteiger partial charge in [0.2, 0.25) is 5.91 Å². The molecule has 2 aromatic rings. The molecule has 0 fully saturated rings. The molecule has 118 valence electrons. The SMILES string of the molecule is COc1ccc(NC(=O)[C@@H](C)Sc2nc(C)cs2)cc1OC. The zero-order valence-corrected chi connectivity index (χ0v) is 14.5. The molecule has 0 spiro atoms. The van der Waals surface area contributed by atoms with E-state index in [1.54, 1.807) is 43.8 Å². The van der Waals surface area contributed by atoms with E-state index in [0.29, 0.717) is 17.2 Å². The van der Waals surface area contributed by atoms with Gasteiger partial charge >= 0.3 is 0 Å². The van der Waals surface area contributed by atoms with Crippen LogP contribution in [0.2, 0.25) is 0 Å². The number of benzene rings is 1. The fourth-order valence-corrected chi connectivity index (χ4v) is 3.73. The first-order valence-corrected chi connectivity index (χ1v) is 8.41. The molecule has 0 aliphatic rings. The maximum absolute atomic E-state index is 12.3. The number of amides is 1. The van der Waals surface area contributed by atoms with Crippen LogP contribution in [0.4, 0.5) is 5.69 Å². The highest BCUT2D eigenvalue weighted by atomic mass is 32.2. The van der Waals surface area contributed by atoms with Crippen LogP contribution in [-0.2, 0) is 4.79 Å². The molecule has 1 heterocycles. The van der Waals surface area contributed by atoms with E-state index in [1.165, 1.54) is 11.8 Å². The molecule has 1 amide bonds. The summed E-state index contributed by atoms with van der Waals surface area (Å²) < 4.78 is 11.3. The standard InChI is InChI=1S/C15H18N2O3S2/c1-9-8-21-15(16-9)22-10(2)14(18)17-11-5-6-12(19-3)13(7-11)20-4/h5-8,10H,1-4H3,(H,17,18)/t10-/m1/s1. The van der Waals surface area contributed by atoms with Gasteiger partial charge < -0.3 is 14.8 Å². The predicted octanol–water partition coefficient (Wildman–Crippen LogP) is 3.59. The summed E-state index contributed by atoms with van der Waals surface area (Å²) >= 11 is 3.00. The summed E-state index contributed by atoms with van der Waals surface area (Å²) in [6.45, 7) is 3.80. The molecule has 22 heavy (non-hydrogen) atoms. The van der Waals surface area contributed by atoms with Gasteiger partial charge in [-0.25, -0.2) is 4.98 Å². The minimum atomic E-state index is -0.237. The predicted molar refractivity (Wildman–Crippen MR) is 90.3 cm³/mol. The molecule has 0 saturated carbocycles. The molecular formula is C15H18N2O3S2. The van der Waals surface area contributed by atoms with Crippen molar-refractivity contribution in [3.05, 3.63) is 29.3 Å². The molecule has 0 aliphatic heterocycles. The number of thioether (sulfide) groups is 1. The van der Waals surface area contributed by atoms with Crippen molar-refractivity contribution in [1.82, 2.24) is 4.98 Å². The van der Waals surface area contributed by atoms with Crippen molar-refractivity contribution in [3.63, 3.8) is 0 Å². The lowest BCUT2D eigenvalue weighted by atomic mass is 10.2. The van der Waals surface area contributed by atoms with E-state index >= 15 is 0 Å². The van der Waals surface area contributed by atoms with Crippen molar-refractivity contribution in [1.29, 1.82) is 0 Å². The summed E-state index contributed by atoms with van der Waals surface area (Å²) in [4.78, 5) is 16.6. The van der Waals surface area contributed by atoms with Crippen molar-refractivity contribution >= 4 is 34.7 Å². The Morgan fingerprint density at radius 1 is 1.32 bits per heavy atom. The number of carbonyl (C=O) groups excluding carboxylic acids is 1. The first-order chi connectivity index (χ1) is 10.5. The Kier molecular flexibility index (Phi) is 5.68. The van der Waals surface area contributed by atoms with Gasteiger partial charge in [0, 0.05) is 22.8 Å². The molecule has 0 unspecified atom stereocenters. The summed E-state index contributed by atoms with van der Waals surface area (Å²) in [6.07, 6.45) is 0. The van der Waals surface area contributed by atoms with Gasteiger partial charge in [-0.3, -0.25) is 4.79 Å². The maximum Gasteiger partial charge on any atom is 0.237 e. The van der Waals surface area contributed by atoms with Crippen molar-refractivity contribution in [2.75, 3.05) is 19.5 Å². The smallest absolute Gasteiger partial charge is 0.237 e. The number of hydrogen-bond acceptors (Lipinski definition) is 6. The zero-order chi connectivity index (χ0) is 16.1. The van der Waals surface area contributed by atoms with Gasteiger partial charge in [0.15, 0.2) is 15.8 Å². The first-order valence-electron chi connectivity index (χ1n) is 6.65. The number of anilines is 1. The Hall–Kier alpha value is -1.73. The quantitative estimate of drug-likeness (QED) is 0.816. The summed E-state index contributed by atoms with van der Waals surface area (Å²) in [5, 5.41) is 4.61. The monoisotopic (exact) mass is 338 g/mol. The van der Waals surface area contributed by atoms with E-state index in [-0.39, 0.29) is 11.2 Å². The van der Waals surface area contributed by atoms with Crippen LogP contribution in [0.15, 0.2) is 27.9 Å². The molecule has 0 aliphatic carbocycles.